The van der Waals surface area contributed by atoms with Gasteiger partial charge in [-0.25, -0.2) is 9.59 Å². The normalized spacial score (nSPS) is 13.3. The zero-order chi connectivity index (χ0) is 21.7. The fourth-order valence-corrected chi connectivity index (χ4v) is 4.63. The number of carboxylic acid groups (broad SMARTS) is 1. The maximum atomic E-state index is 12.6. The van der Waals surface area contributed by atoms with Crippen LogP contribution in [0.15, 0.2) is 36.0 Å². The molecule has 0 radical (unpaired) electrons. The van der Waals surface area contributed by atoms with Crippen molar-refractivity contribution in [3.63, 3.8) is 0 Å². The van der Waals surface area contributed by atoms with Gasteiger partial charge >= 0.3 is 11.9 Å². The van der Waals surface area contributed by atoms with E-state index in [1.54, 1.807) is 25.1 Å². The van der Waals surface area contributed by atoms with Gasteiger partial charge in [-0.1, -0.05) is 12.1 Å². The number of nitrogens with one attached hydrogen (secondary N) is 1. The van der Waals surface area contributed by atoms with Gasteiger partial charge in [-0.05, 0) is 50.3 Å². The van der Waals surface area contributed by atoms with Crippen molar-refractivity contribution in [3.8, 4) is 5.75 Å². The lowest BCUT2D eigenvalue weighted by Crippen LogP contribution is -2.15. The topological polar surface area (TPSA) is 102 Å². The first-order valence-electron chi connectivity index (χ1n) is 9.66. The summed E-state index contributed by atoms with van der Waals surface area (Å²) in [7, 11) is 1.49. The Balaban J connectivity index is 1.96. The third-order valence-electron chi connectivity index (χ3n) is 4.76. The predicted octanol–water partition coefficient (Wildman–Crippen LogP) is 4.08. The summed E-state index contributed by atoms with van der Waals surface area (Å²) < 4.78 is 10.3. The van der Waals surface area contributed by atoms with Crippen LogP contribution in [0.5, 0.6) is 5.75 Å². The molecule has 1 aliphatic rings. The van der Waals surface area contributed by atoms with E-state index in [4.69, 9.17) is 9.47 Å². The summed E-state index contributed by atoms with van der Waals surface area (Å²) >= 11 is 1.34. The molecule has 3 rings (SSSR count). The molecule has 1 aromatic heterocycles. The van der Waals surface area contributed by atoms with Crippen LogP contribution in [0.3, 0.4) is 0 Å². The summed E-state index contributed by atoms with van der Waals surface area (Å²) in [5.41, 5.74) is 1.27. The quantitative estimate of drug-likeness (QED) is 0.370. The van der Waals surface area contributed by atoms with Crippen LogP contribution in [0.2, 0.25) is 0 Å². The number of benzene rings is 1. The number of aliphatic carboxylic acids is 1. The molecule has 1 aliphatic carbocycles. The highest BCUT2D eigenvalue weighted by molar-refractivity contribution is 7.16. The standard InChI is InChI=1S/C22H23NO6S/c1-3-29-22(27)19-15-9-4-5-10-18(15)30-20(19)23-16(21(25)26)12-17(24)13-7-6-8-14(11-13)28-2/h6-8,11-12,23H,3-5,9-10H2,1-2H3,(H,25,26)/b16-12-. The molecule has 2 N–H and O–H groups in total. The van der Waals surface area contributed by atoms with Crippen molar-refractivity contribution in [1.29, 1.82) is 0 Å². The Bertz CT molecular complexity index is 1010. The first-order valence-corrected chi connectivity index (χ1v) is 10.5. The number of carbonyl (C=O) groups is 3. The molecular formula is C22H23NO6S. The number of hydrogen-bond donors (Lipinski definition) is 2. The van der Waals surface area contributed by atoms with Crippen LogP contribution in [0.25, 0.3) is 0 Å². The Labute approximate surface area is 178 Å². The average molecular weight is 429 g/mol. The van der Waals surface area contributed by atoms with Crippen LogP contribution in [0.1, 0.15) is 50.9 Å². The van der Waals surface area contributed by atoms with Crippen LogP contribution >= 0.6 is 11.3 Å². The number of carbonyl (C=O) groups excluding carboxylic acids is 2. The molecule has 30 heavy (non-hydrogen) atoms. The zero-order valence-corrected chi connectivity index (χ0v) is 17.6. The van der Waals surface area contributed by atoms with E-state index < -0.39 is 17.7 Å². The van der Waals surface area contributed by atoms with Crippen molar-refractivity contribution < 1.29 is 29.0 Å². The summed E-state index contributed by atoms with van der Waals surface area (Å²) in [6, 6.07) is 6.46. The molecule has 7 nitrogen and oxygen atoms in total. The monoisotopic (exact) mass is 429 g/mol. The van der Waals surface area contributed by atoms with Gasteiger partial charge in [0.25, 0.3) is 0 Å². The maximum Gasteiger partial charge on any atom is 0.352 e. The average Bonchev–Trinajstić information content (AvgIpc) is 3.11. The number of anilines is 1. The van der Waals surface area contributed by atoms with Crippen molar-refractivity contribution in [3.05, 3.63) is 57.6 Å². The number of aryl methyl sites for hydroxylation is 1. The highest BCUT2D eigenvalue weighted by Gasteiger charge is 2.27. The summed E-state index contributed by atoms with van der Waals surface area (Å²) in [5, 5.41) is 12.8. The smallest absolute Gasteiger partial charge is 0.352 e. The molecule has 0 atom stereocenters. The lowest BCUT2D eigenvalue weighted by molar-refractivity contribution is -0.132. The zero-order valence-electron chi connectivity index (χ0n) is 16.8. The van der Waals surface area contributed by atoms with Crippen molar-refractivity contribution >= 4 is 34.1 Å². The second-order valence-electron chi connectivity index (χ2n) is 6.72. The SMILES string of the molecule is CCOC(=O)c1c(N/C(=C\C(=O)c2cccc(OC)c2)C(=O)O)sc2c1CCCC2. The number of hydrogen-bond acceptors (Lipinski definition) is 7. The summed E-state index contributed by atoms with van der Waals surface area (Å²) in [5.74, 6) is -1.77. The third kappa shape index (κ3) is 4.71. The second kappa shape index (κ2) is 9.58. The minimum atomic E-state index is -1.30. The Morgan fingerprint density at radius 1 is 1.23 bits per heavy atom. The predicted molar refractivity (Wildman–Crippen MR) is 114 cm³/mol. The highest BCUT2D eigenvalue weighted by Crippen LogP contribution is 2.39. The summed E-state index contributed by atoms with van der Waals surface area (Å²) in [4.78, 5) is 38.0. The first-order chi connectivity index (χ1) is 14.4. The van der Waals surface area contributed by atoms with Gasteiger partial charge in [0.2, 0.25) is 0 Å². The second-order valence-corrected chi connectivity index (χ2v) is 7.83. The molecule has 0 fully saturated rings. The lowest BCUT2D eigenvalue weighted by Gasteiger charge is -2.12. The fraction of sp³-hybridized carbons (Fsp3) is 0.318. The fourth-order valence-electron chi connectivity index (χ4n) is 3.34. The van der Waals surface area contributed by atoms with Gasteiger partial charge in [-0.2, -0.15) is 0 Å². The number of rotatable bonds is 8. The van der Waals surface area contributed by atoms with E-state index >= 15 is 0 Å². The minimum Gasteiger partial charge on any atom is -0.497 e. The maximum absolute atomic E-state index is 12.6. The van der Waals surface area contributed by atoms with E-state index in [1.165, 1.54) is 24.5 Å². The number of carboxylic acids is 1. The van der Waals surface area contributed by atoms with E-state index in [9.17, 15) is 19.5 Å². The van der Waals surface area contributed by atoms with Gasteiger partial charge in [0.15, 0.2) is 5.78 Å². The molecule has 0 spiro atoms. The van der Waals surface area contributed by atoms with Crippen molar-refractivity contribution in [2.75, 3.05) is 19.0 Å². The molecule has 1 aromatic carbocycles. The van der Waals surface area contributed by atoms with Gasteiger partial charge in [0, 0.05) is 16.5 Å². The largest absolute Gasteiger partial charge is 0.497 e. The molecule has 0 unspecified atom stereocenters. The van der Waals surface area contributed by atoms with Crippen LogP contribution in [0, 0.1) is 0 Å². The Morgan fingerprint density at radius 3 is 2.70 bits per heavy atom. The minimum absolute atomic E-state index is 0.221. The number of ketones is 1. The molecule has 8 heteroatoms. The molecule has 0 saturated heterocycles. The van der Waals surface area contributed by atoms with Crippen LogP contribution in [-0.2, 0) is 22.4 Å². The molecule has 0 saturated carbocycles. The lowest BCUT2D eigenvalue weighted by atomic mass is 9.95. The highest BCUT2D eigenvalue weighted by atomic mass is 32.1. The number of thiophene rings is 1. The summed E-state index contributed by atoms with van der Waals surface area (Å²) in [6.07, 6.45) is 4.58. The molecule has 0 amide bonds. The van der Waals surface area contributed by atoms with Crippen molar-refractivity contribution in [2.24, 2.45) is 0 Å². The molecule has 2 aromatic rings. The van der Waals surface area contributed by atoms with E-state index in [1.807, 2.05) is 0 Å². The van der Waals surface area contributed by atoms with Crippen LogP contribution in [0.4, 0.5) is 5.00 Å². The Hall–Kier alpha value is -3.13. The Kier molecular flexibility index (Phi) is 6.89. The number of fused-ring (bicyclic) bond motifs is 1. The van der Waals surface area contributed by atoms with Crippen LogP contribution in [-0.4, -0.2) is 36.5 Å². The van der Waals surface area contributed by atoms with Gasteiger partial charge < -0.3 is 19.9 Å². The van der Waals surface area contributed by atoms with Gasteiger partial charge in [-0.15, -0.1) is 11.3 Å². The van der Waals surface area contributed by atoms with Crippen molar-refractivity contribution in [1.82, 2.24) is 0 Å². The Morgan fingerprint density at radius 2 is 2.00 bits per heavy atom. The molecule has 158 valence electrons. The number of ether oxygens (including phenoxy) is 2. The van der Waals surface area contributed by atoms with Crippen molar-refractivity contribution in [2.45, 2.75) is 32.6 Å². The number of methoxy groups -OCH3 is 1. The molecular weight excluding hydrogens is 406 g/mol. The van der Waals surface area contributed by atoms with E-state index in [0.717, 1.165) is 42.2 Å². The van der Waals surface area contributed by atoms with E-state index in [0.29, 0.717) is 21.9 Å². The number of esters is 1. The van der Waals surface area contributed by atoms with E-state index in [-0.39, 0.29) is 12.3 Å². The van der Waals surface area contributed by atoms with Gasteiger partial charge in [0.1, 0.15) is 16.4 Å². The number of allylic oxidation sites excluding steroid dienone is 1. The summed E-state index contributed by atoms with van der Waals surface area (Å²) in [6.45, 7) is 1.94. The molecule has 1 heterocycles. The third-order valence-corrected chi connectivity index (χ3v) is 5.97. The van der Waals surface area contributed by atoms with Gasteiger partial charge in [-0.3, -0.25) is 4.79 Å². The van der Waals surface area contributed by atoms with E-state index in [2.05, 4.69) is 5.32 Å². The molecule has 0 aliphatic heterocycles. The molecule has 0 bridgehead atoms. The van der Waals surface area contributed by atoms with Gasteiger partial charge in [0.05, 0.1) is 19.3 Å². The van der Waals surface area contributed by atoms with Crippen LogP contribution < -0.4 is 10.1 Å². The first kappa shape index (κ1) is 21.6.